The predicted molar refractivity (Wildman–Crippen MR) is 113 cm³/mol. The van der Waals surface area contributed by atoms with E-state index in [1.807, 2.05) is 6.07 Å². The van der Waals surface area contributed by atoms with E-state index in [2.05, 4.69) is 10.6 Å². The minimum absolute atomic E-state index is 0.0839. The van der Waals surface area contributed by atoms with E-state index >= 15 is 0 Å². The summed E-state index contributed by atoms with van der Waals surface area (Å²) in [5, 5.41) is 33.9. The molecule has 0 unspecified atom stereocenters. The zero-order valence-corrected chi connectivity index (χ0v) is 17.4. The van der Waals surface area contributed by atoms with Crippen LogP contribution in [0, 0.1) is 0 Å². The summed E-state index contributed by atoms with van der Waals surface area (Å²) in [7, 11) is 0. The van der Waals surface area contributed by atoms with Gasteiger partial charge in [-0.25, -0.2) is 0 Å². The number of hydrogen-bond donors (Lipinski definition) is 6. The number of aliphatic hydroxyl groups is 2. The first kappa shape index (κ1) is 24.4. The van der Waals surface area contributed by atoms with Crippen LogP contribution >= 0.6 is 11.8 Å². The Morgan fingerprint density at radius 2 is 1.81 bits per heavy atom. The topological polar surface area (TPSA) is 179 Å². The molecular weight excluding hydrogens is 426 g/mol. The number of nitrogens with two attached hydrogens (primary N) is 1. The molecule has 11 heteroatoms. The molecule has 4 atom stereocenters. The minimum Gasteiger partial charge on any atom is -0.481 e. The Balaban J connectivity index is 2.05. The van der Waals surface area contributed by atoms with Crippen LogP contribution in [0.2, 0.25) is 0 Å². The van der Waals surface area contributed by atoms with Crippen molar-refractivity contribution in [3.8, 4) is 0 Å². The number of carboxylic acids is 1. The first-order valence-corrected chi connectivity index (χ1v) is 10.6. The Hall–Kier alpha value is -2.89. The van der Waals surface area contributed by atoms with Gasteiger partial charge in [-0.3, -0.25) is 19.2 Å². The van der Waals surface area contributed by atoms with Crippen LogP contribution in [0.15, 0.2) is 42.0 Å². The van der Waals surface area contributed by atoms with Crippen molar-refractivity contribution in [2.45, 2.75) is 37.1 Å². The van der Waals surface area contributed by atoms with Crippen molar-refractivity contribution in [2.24, 2.45) is 5.73 Å². The molecule has 0 radical (unpaired) electrons. The lowest BCUT2D eigenvalue weighted by Gasteiger charge is -2.31. The molecule has 168 valence electrons. The number of aliphatic hydroxyl groups excluding tert-OH is 2. The Kier molecular flexibility index (Phi) is 9.03. The first-order chi connectivity index (χ1) is 14.7. The second-order valence-corrected chi connectivity index (χ2v) is 8.04. The summed E-state index contributed by atoms with van der Waals surface area (Å²) in [4.78, 5) is 47.0. The molecule has 0 saturated carbocycles. The number of carboxylic acid groups (broad SMARTS) is 1. The van der Waals surface area contributed by atoms with Gasteiger partial charge in [0.1, 0.15) is 12.1 Å². The third kappa shape index (κ3) is 7.70. The molecule has 0 spiro atoms. The van der Waals surface area contributed by atoms with Crippen molar-refractivity contribution in [3.05, 3.63) is 47.5 Å². The SMILES string of the molecule is NC(=O)[C@@H](Cc1ccccc1)NC(=O)C1=C[C@@H](NC(=O)CSCC(=O)O)[C@@H](O)[C@H](O)C1. The molecule has 0 saturated heterocycles. The molecule has 31 heavy (non-hydrogen) atoms. The number of primary amides is 1. The van der Waals surface area contributed by atoms with E-state index in [-0.39, 0.29) is 29.9 Å². The van der Waals surface area contributed by atoms with Gasteiger partial charge >= 0.3 is 5.97 Å². The highest BCUT2D eigenvalue weighted by Gasteiger charge is 2.34. The summed E-state index contributed by atoms with van der Waals surface area (Å²) in [6.45, 7) is 0. The molecule has 0 heterocycles. The second kappa shape index (κ2) is 11.5. The second-order valence-electron chi connectivity index (χ2n) is 7.05. The van der Waals surface area contributed by atoms with Gasteiger partial charge in [0.15, 0.2) is 0 Å². The zero-order chi connectivity index (χ0) is 23.0. The van der Waals surface area contributed by atoms with E-state index in [0.29, 0.717) is 0 Å². The van der Waals surface area contributed by atoms with Gasteiger partial charge in [0, 0.05) is 18.4 Å². The van der Waals surface area contributed by atoms with E-state index in [9.17, 15) is 29.4 Å². The highest BCUT2D eigenvalue weighted by Crippen LogP contribution is 2.20. The maximum absolute atomic E-state index is 12.7. The molecule has 10 nitrogen and oxygen atoms in total. The van der Waals surface area contributed by atoms with Gasteiger partial charge in [-0.1, -0.05) is 36.4 Å². The van der Waals surface area contributed by atoms with Crippen molar-refractivity contribution >= 4 is 35.5 Å². The predicted octanol–water partition coefficient (Wildman–Crippen LogP) is -1.45. The molecule has 7 N–H and O–H groups in total. The molecule has 0 bridgehead atoms. The van der Waals surface area contributed by atoms with E-state index in [0.717, 1.165) is 17.3 Å². The summed E-state index contributed by atoms with van der Waals surface area (Å²) >= 11 is 0.873. The van der Waals surface area contributed by atoms with Crippen LogP contribution in [0.5, 0.6) is 0 Å². The number of hydrogen-bond acceptors (Lipinski definition) is 7. The number of rotatable bonds is 10. The molecule has 0 aliphatic heterocycles. The number of thioether (sulfide) groups is 1. The maximum atomic E-state index is 12.7. The highest BCUT2D eigenvalue weighted by atomic mass is 32.2. The molecule has 1 aromatic carbocycles. The quantitative estimate of drug-likeness (QED) is 0.250. The van der Waals surface area contributed by atoms with Crippen LogP contribution in [-0.2, 0) is 25.6 Å². The fourth-order valence-electron chi connectivity index (χ4n) is 3.05. The number of nitrogens with one attached hydrogen (secondary N) is 2. The molecule has 0 fully saturated rings. The summed E-state index contributed by atoms with van der Waals surface area (Å²) < 4.78 is 0. The summed E-state index contributed by atoms with van der Waals surface area (Å²) in [6.07, 6.45) is -1.34. The molecule has 1 aliphatic carbocycles. The van der Waals surface area contributed by atoms with Crippen molar-refractivity contribution in [3.63, 3.8) is 0 Å². The summed E-state index contributed by atoms with van der Waals surface area (Å²) in [6, 6.07) is 6.93. The number of benzene rings is 1. The lowest BCUT2D eigenvalue weighted by atomic mass is 9.89. The average Bonchev–Trinajstić information content (AvgIpc) is 2.71. The molecule has 0 aromatic heterocycles. The Morgan fingerprint density at radius 1 is 1.13 bits per heavy atom. The van der Waals surface area contributed by atoms with Crippen LogP contribution in [-0.4, -0.2) is 74.8 Å². The standard InChI is InChI=1S/C20H25N3O7S/c21-19(29)14(6-11-4-2-1-3-5-11)23-20(30)12-7-13(18(28)15(24)8-12)22-16(25)9-31-10-17(26)27/h1-5,7,13-15,18,24,28H,6,8-10H2,(H2,21,29)(H,22,25)(H,23,30)(H,26,27)/t13-,14-,15-,18-/m1/s1. The van der Waals surface area contributed by atoms with Crippen molar-refractivity contribution < 1.29 is 34.5 Å². The Morgan fingerprint density at radius 3 is 2.42 bits per heavy atom. The molecule has 1 aromatic rings. The van der Waals surface area contributed by atoms with Crippen LogP contribution in [0.4, 0.5) is 0 Å². The van der Waals surface area contributed by atoms with Gasteiger partial charge in [0.2, 0.25) is 17.7 Å². The number of amides is 3. The largest absolute Gasteiger partial charge is 0.481 e. The van der Waals surface area contributed by atoms with Gasteiger partial charge in [0.25, 0.3) is 0 Å². The third-order valence-electron chi connectivity index (χ3n) is 4.58. The van der Waals surface area contributed by atoms with E-state index in [4.69, 9.17) is 10.8 Å². The molecular formula is C20H25N3O7S. The smallest absolute Gasteiger partial charge is 0.313 e. The van der Waals surface area contributed by atoms with Gasteiger partial charge in [-0.15, -0.1) is 11.8 Å². The van der Waals surface area contributed by atoms with E-state index in [1.54, 1.807) is 24.3 Å². The Bertz CT molecular complexity index is 846. The fraction of sp³-hybridized carbons (Fsp3) is 0.400. The van der Waals surface area contributed by atoms with Gasteiger partial charge in [-0.2, -0.15) is 0 Å². The van der Waals surface area contributed by atoms with Gasteiger partial charge in [-0.05, 0) is 5.56 Å². The van der Waals surface area contributed by atoms with Crippen molar-refractivity contribution in [1.29, 1.82) is 0 Å². The normalized spacial score (nSPS) is 21.5. The number of carbonyl (C=O) groups is 4. The maximum Gasteiger partial charge on any atom is 0.313 e. The fourth-order valence-corrected chi connectivity index (χ4v) is 3.59. The lowest BCUT2D eigenvalue weighted by Crippen LogP contribution is -2.52. The Labute approximate surface area is 182 Å². The van der Waals surface area contributed by atoms with Crippen molar-refractivity contribution in [1.82, 2.24) is 10.6 Å². The summed E-state index contributed by atoms with van der Waals surface area (Å²) in [5.74, 6) is -3.42. The molecule has 2 rings (SSSR count). The molecule has 3 amide bonds. The van der Waals surface area contributed by atoms with Gasteiger partial charge < -0.3 is 31.7 Å². The van der Waals surface area contributed by atoms with E-state index < -0.39 is 48.0 Å². The zero-order valence-electron chi connectivity index (χ0n) is 16.6. The first-order valence-electron chi connectivity index (χ1n) is 9.47. The summed E-state index contributed by atoms with van der Waals surface area (Å²) in [5.41, 5.74) is 6.29. The highest BCUT2D eigenvalue weighted by molar-refractivity contribution is 8.00. The van der Waals surface area contributed by atoms with E-state index in [1.165, 1.54) is 6.08 Å². The lowest BCUT2D eigenvalue weighted by molar-refractivity contribution is -0.134. The van der Waals surface area contributed by atoms with Crippen LogP contribution in [0.25, 0.3) is 0 Å². The van der Waals surface area contributed by atoms with Crippen LogP contribution < -0.4 is 16.4 Å². The van der Waals surface area contributed by atoms with Crippen LogP contribution in [0.1, 0.15) is 12.0 Å². The number of aliphatic carboxylic acids is 1. The average molecular weight is 452 g/mol. The van der Waals surface area contributed by atoms with Crippen LogP contribution in [0.3, 0.4) is 0 Å². The third-order valence-corrected chi connectivity index (χ3v) is 5.50. The minimum atomic E-state index is -1.35. The monoisotopic (exact) mass is 451 g/mol. The van der Waals surface area contributed by atoms with Crippen molar-refractivity contribution in [2.75, 3.05) is 11.5 Å². The molecule has 1 aliphatic rings. The number of carbonyl (C=O) groups excluding carboxylic acids is 3. The van der Waals surface area contributed by atoms with Gasteiger partial charge in [0.05, 0.1) is 23.7 Å².